The number of aromatic nitrogens is 2. The summed E-state index contributed by atoms with van der Waals surface area (Å²) in [5, 5.41) is 7.49. The van der Waals surface area contributed by atoms with Crippen LogP contribution in [0.3, 0.4) is 0 Å². The predicted octanol–water partition coefficient (Wildman–Crippen LogP) is 12.7. The molecule has 0 unspecified atom stereocenters. The number of hydrogen-bond donors (Lipinski definition) is 0. The monoisotopic (exact) mass is 1090 g/mol. The Hall–Kier alpha value is -6.78. The second-order valence-corrected chi connectivity index (χ2v) is 24.2. The minimum atomic E-state index is -3.18. The van der Waals surface area contributed by atoms with Crippen LogP contribution in [0.4, 0.5) is 17.1 Å². The molecule has 10 aromatic rings. The van der Waals surface area contributed by atoms with Crippen molar-refractivity contribution < 1.29 is 21.1 Å². The number of pyridine rings is 1. The van der Waals surface area contributed by atoms with Gasteiger partial charge in [0.25, 0.3) is 0 Å². The first-order valence-electron chi connectivity index (χ1n) is 23.8. The summed E-state index contributed by atoms with van der Waals surface area (Å²) < 4.78 is 2.37. The molecule has 0 fully saturated rings. The molecule has 0 saturated heterocycles. The van der Waals surface area contributed by atoms with Gasteiger partial charge in [0.1, 0.15) is 13.9 Å². The molecule has 0 atom stereocenters. The Labute approximate surface area is 422 Å². The van der Waals surface area contributed by atoms with Crippen LogP contribution in [0.5, 0.6) is 0 Å². The molecule has 342 valence electrons. The van der Waals surface area contributed by atoms with E-state index in [2.05, 4.69) is 263 Å². The van der Waals surface area contributed by atoms with Crippen LogP contribution >= 0.6 is 0 Å². The Balaban J connectivity index is 0.00000520. The van der Waals surface area contributed by atoms with Crippen molar-refractivity contribution in [2.45, 2.75) is 58.9 Å². The van der Waals surface area contributed by atoms with Crippen LogP contribution in [0.25, 0.3) is 49.9 Å². The summed E-state index contributed by atoms with van der Waals surface area (Å²) in [4.78, 5) is 9.88. The first kappa shape index (κ1) is 44.7. The Morgan fingerprint density at radius 3 is 1.87 bits per heavy atom. The second-order valence-electron chi connectivity index (χ2n) is 20.6. The molecule has 0 spiro atoms. The van der Waals surface area contributed by atoms with Crippen molar-refractivity contribution in [1.29, 1.82) is 0 Å². The van der Waals surface area contributed by atoms with E-state index in [9.17, 15) is 0 Å². The Bertz CT molecular complexity index is 3520. The van der Waals surface area contributed by atoms with Crippen molar-refractivity contribution >= 4 is 67.7 Å². The standard InChI is InChI=1S/C63H53N4Si.Pt/c1-62(2,3)46-33-34-64-61(38-46)67-55-32-29-45(44-21-11-8-12-22-44)35-54(55)51-31-30-49(40-58(51)67)68(59-27-17-13-23-52(59)53-24-14-18-28-60(53)68)50-37-47(63(4,5)6)36-48(39-50)66-42-65(41-43-19-9-7-10-20-43)56-25-15-16-26-57(56)66;/h7-38,42H,41H2,1-6H3;/q-3;. The van der Waals surface area contributed by atoms with Crippen LogP contribution < -0.4 is 30.5 Å². The van der Waals surface area contributed by atoms with E-state index in [1.165, 1.54) is 70.8 Å². The van der Waals surface area contributed by atoms with Gasteiger partial charge in [-0.2, -0.15) is 52.9 Å². The number of fused-ring (bicyclic) bond motifs is 7. The van der Waals surface area contributed by atoms with Crippen molar-refractivity contribution in [2.24, 2.45) is 0 Å². The normalized spacial score (nSPS) is 13.9. The van der Waals surface area contributed by atoms with Gasteiger partial charge in [-0.1, -0.05) is 181 Å². The third-order valence-corrected chi connectivity index (χ3v) is 18.9. The molecule has 0 amide bonds. The quantitative estimate of drug-likeness (QED) is 0.117. The van der Waals surface area contributed by atoms with Gasteiger partial charge >= 0.3 is 0 Å². The molecule has 0 N–H and O–H groups in total. The van der Waals surface area contributed by atoms with E-state index < -0.39 is 8.07 Å². The van der Waals surface area contributed by atoms with Gasteiger partial charge in [0, 0.05) is 50.7 Å². The Morgan fingerprint density at radius 1 is 0.536 bits per heavy atom. The molecular weight excluding hydrogens is 1040 g/mol. The van der Waals surface area contributed by atoms with Crippen molar-refractivity contribution in [3.05, 3.63) is 230 Å². The summed E-state index contributed by atoms with van der Waals surface area (Å²) in [6.07, 6.45) is 1.97. The number of para-hydroxylation sites is 2. The molecule has 69 heavy (non-hydrogen) atoms. The molecule has 0 saturated carbocycles. The minimum absolute atomic E-state index is 0. The molecule has 0 aliphatic carbocycles. The van der Waals surface area contributed by atoms with Crippen LogP contribution in [0.1, 0.15) is 58.2 Å². The van der Waals surface area contributed by atoms with Crippen molar-refractivity contribution in [3.63, 3.8) is 0 Å². The van der Waals surface area contributed by atoms with Crippen molar-refractivity contribution in [1.82, 2.24) is 9.55 Å². The molecule has 0 bridgehead atoms. The number of anilines is 3. The first-order chi connectivity index (χ1) is 33.0. The molecule has 6 heteroatoms. The van der Waals surface area contributed by atoms with Crippen molar-refractivity contribution in [3.8, 4) is 28.1 Å². The maximum atomic E-state index is 5.13. The first-order valence-corrected chi connectivity index (χ1v) is 25.8. The van der Waals surface area contributed by atoms with E-state index in [1.54, 1.807) is 0 Å². The van der Waals surface area contributed by atoms with E-state index in [4.69, 9.17) is 4.98 Å². The van der Waals surface area contributed by atoms with E-state index in [0.717, 1.165) is 40.2 Å². The van der Waals surface area contributed by atoms with Crippen molar-refractivity contribution in [2.75, 3.05) is 9.80 Å². The van der Waals surface area contributed by atoms with Gasteiger partial charge in [-0.3, -0.25) is 0 Å². The number of rotatable bonds is 7. The Morgan fingerprint density at radius 2 is 1.17 bits per heavy atom. The van der Waals surface area contributed by atoms with Gasteiger partial charge in [-0.05, 0) is 90.3 Å². The smallest absolute Gasteiger partial charge is 0.135 e. The fraction of sp³-hybridized carbons (Fsp3) is 0.143. The number of nitrogens with zero attached hydrogens (tertiary/aromatic N) is 4. The summed E-state index contributed by atoms with van der Waals surface area (Å²) in [7, 11) is -3.18. The topological polar surface area (TPSA) is 24.3 Å². The molecule has 2 aliphatic rings. The summed E-state index contributed by atoms with van der Waals surface area (Å²) >= 11 is 0. The predicted molar refractivity (Wildman–Crippen MR) is 287 cm³/mol. The fourth-order valence-corrected chi connectivity index (χ4v) is 15.8. The molecule has 12 rings (SSSR count). The van der Waals surface area contributed by atoms with Crippen LogP contribution in [0, 0.1) is 18.8 Å². The summed E-state index contributed by atoms with van der Waals surface area (Å²) in [5.41, 5.74) is 14.0. The van der Waals surface area contributed by atoms with Gasteiger partial charge in [0.15, 0.2) is 0 Å². The SMILES string of the molecule is CC(C)(C)c1cc(N2[CH-]N(Cc3ccccc3)c3ccccc32)[c-]c([Si]2(c3[c-]c4c(cc3)c3cc(-c5ccccc5)ccc3n4-c3cc(C(C)(C)C)ccn3)c3ccccc3-c3ccccc32)c1.[Pt]. The van der Waals surface area contributed by atoms with Gasteiger partial charge in [-0.15, -0.1) is 17.1 Å². The molecular formula is C63H53N4PtSi-3. The van der Waals surface area contributed by atoms with Gasteiger partial charge in [-0.25, -0.2) is 4.98 Å². The summed E-state index contributed by atoms with van der Waals surface area (Å²) in [6.45, 7) is 16.9. The van der Waals surface area contributed by atoms with Crippen LogP contribution in [-0.2, 0) is 38.4 Å². The molecule has 8 aromatic carbocycles. The maximum Gasteiger partial charge on any atom is 0.135 e. The van der Waals surface area contributed by atoms with Gasteiger partial charge < -0.3 is 14.4 Å². The third kappa shape index (κ3) is 7.41. The molecule has 4 heterocycles. The second kappa shape index (κ2) is 17.0. The molecule has 4 nitrogen and oxygen atoms in total. The van der Waals surface area contributed by atoms with E-state index >= 15 is 0 Å². The molecule has 2 aromatic heterocycles. The van der Waals surface area contributed by atoms with Crippen LogP contribution in [0.2, 0.25) is 0 Å². The molecule has 0 radical (unpaired) electrons. The zero-order valence-corrected chi connectivity index (χ0v) is 43.1. The van der Waals surface area contributed by atoms with E-state index in [-0.39, 0.29) is 31.9 Å². The fourth-order valence-electron chi connectivity index (χ4n) is 10.8. The summed E-state index contributed by atoms with van der Waals surface area (Å²) in [5.74, 6) is 0.896. The van der Waals surface area contributed by atoms with Crippen LogP contribution in [-0.4, -0.2) is 17.6 Å². The average Bonchev–Trinajstić information content (AvgIpc) is 4.00. The largest absolute Gasteiger partial charge is 0.498 e. The zero-order valence-electron chi connectivity index (χ0n) is 39.9. The summed E-state index contributed by atoms with van der Waals surface area (Å²) in [6, 6.07) is 78.0. The van der Waals surface area contributed by atoms with E-state index in [1.807, 2.05) is 6.20 Å². The molecule has 2 aliphatic heterocycles. The van der Waals surface area contributed by atoms with E-state index in [0.29, 0.717) is 0 Å². The third-order valence-electron chi connectivity index (χ3n) is 14.3. The number of hydrogen-bond acceptors (Lipinski definition) is 3. The van der Waals surface area contributed by atoms with Gasteiger partial charge in [0.05, 0.1) is 0 Å². The van der Waals surface area contributed by atoms with Gasteiger partial charge in [0.2, 0.25) is 0 Å². The Kier molecular flexibility index (Phi) is 11.0. The average molecular weight is 1090 g/mol. The number of benzene rings is 8. The minimum Gasteiger partial charge on any atom is -0.498 e. The van der Waals surface area contributed by atoms with Crippen LogP contribution in [0.15, 0.2) is 194 Å². The maximum absolute atomic E-state index is 5.13. The zero-order chi connectivity index (χ0) is 46.4.